The van der Waals surface area contributed by atoms with Gasteiger partial charge in [0.2, 0.25) is 5.95 Å². The van der Waals surface area contributed by atoms with Gasteiger partial charge in [0, 0.05) is 23.3 Å². The van der Waals surface area contributed by atoms with E-state index in [9.17, 15) is 14.4 Å². The van der Waals surface area contributed by atoms with Crippen LogP contribution in [0.25, 0.3) is 22.2 Å². The van der Waals surface area contributed by atoms with Crippen LogP contribution in [0.1, 0.15) is 89.3 Å². The molecule has 2 aromatic heterocycles. The highest BCUT2D eigenvalue weighted by molar-refractivity contribution is 6.08. The summed E-state index contributed by atoms with van der Waals surface area (Å²) in [7, 11) is 0. The van der Waals surface area contributed by atoms with Gasteiger partial charge in [-0.1, -0.05) is 25.5 Å². The molecule has 9 nitrogen and oxygen atoms in total. The maximum absolute atomic E-state index is 13.7. The molecule has 9 heteroatoms. The molecule has 2 N–H and O–H groups in total. The lowest BCUT2D eigenvalue weighted by Crippen LogP contribution is -2.38. The van der Waals surface area contributed by atoms with Crippen molar-refractivity contribution >= 4 is 28.9 Å². The van der Waals surface area contributed by atoms with Crippen molar-refractivity contribution in [3.05, 3.63) is 45.9 Å². The SMILES string of the molecule is CCCCNc1nc2c(-c3cc4c([nH]3)[C@@H](C)N(C(=O)OC(C)(C)C)C4=O)cccc2c(=O)n1C1(C)CC1. The highest BCUT2D eigenvalue weighted by atomic mass is 16.6. The Labute approximate surface area is 216 Å². The smallest absolute Gasteiger partial charge is 0.417 e. The lowest BCUT2D eigenvalue weighted by atomic mass is 10.1. The Hall–Kier alpha value is -3.62. The third-order valence-corrected chi connectivity index (χ3v) is 7.21. The summed E-state index contributed by atoms with van der Waals surface area (Å²) in [5.74, 6) is 0.177. The highest BCUT2D eigenvalue weighted by Crippen LogP contribution is 2.44. The molecule has 0 radical (unpaired) electrons. The standard InChI is InChI=1S/C28H35N5O4/c1-7-8-14-29-25-31-22-17(10-9-11-18(22)24(35)33(25)28(6)12-13-28)20-15-19-21(30-20)16(2)32(23(19)34)26(36)37-27(3,4)5/h9-11,15-16,30H,7-8,12-14H2,1-6H3,(H,29,31)/t16-/m1/s1. The van der Waals surface area contributed by atoms with Crippen LogP contribution in [-0.4, -0.2) is 43.6 Å². The Morgan fingerprint density at radius 3 is 2.59 bits per heavy atom. The molecule has 1 atom stereocenters. The number of carbonyl (C=O) groups excluding carboxylic acids is 2. The summed E-state index contributed by atoms with van der Waals surface area (Å²) in [4.78, 5) is 49.0. The number of anilines is 1. The topological polar surface area (TPSA) is 109 Å². The van der Waals surface area contributed by atoms with Gasteiger partial charge in [-0.15, -0.1) is 0 Å². The number of aromatic amines is 1. The van der Waals surface area contributed by atoms with E-state index < -0.39 is 23.6 Å². The van der Waals surface area contributed by atoms with Gasteiger partial charge < -0.3 is 15.0 Å². The average Bonchev–Trinajstić information content (AvgIpc) is 3.31. The maximum Gasteiger partial charge on any atom is 0.417 e. The number of H-pyrrole nitrogens is 1. The van der Waals surface area contributed by atoms with Gasteiger partial charge in [-0.05, 0) is 66.0 Å². The predicted octanol–water partition coefficient (Wildman–Crippen LogP) is 5.56. The third kappa shape index (κ3) is 4.30. The number of aromatic nitrogens is 3. The monoisotopic (exact) mass is 505 g/mol. The number of para-hydroxylation sites is 1. The molecule has 1 aliphatic heterocycles. The first-order chi connectivity index (χ1) is 17.4. The number of benzene rings is 1. The van der Waals surface area contributed by atoms with Crippen LogP contribution in [0.3, 0.4) is 0 Å². The summed E-state index contributed by atoms with van der Waals surface area (Å²) >= 11 is 0. The van der Waals surface area contributed by atoms with Gasteiger partial charge in [0.15, 0.2) is 0 Å². The fourth-order valence-corrected chi connectivity index (χ4v) is 4.94. The molecule has 0 spiro atoms. The minimum Gasteiger partial charge on any atom is -0.443 e. The number of rotatable bonds is 6. The number of unbranched alkanes of at least 4 members (excludes halogenated alkanes) is 1. The molecule has 5 rings (SSSR count). The molecule has 3 aromatic rings. The van der Waals surface area contributed by atoms with E-state index in [-0.39, 0.29) is 11.1 Å². The number of nitrogens with one attached hydrogen (secondary N) is 2. The fraction of sp³-hybridized carbons (Fsp3) is 0.500. The van der Waals surface area contributed by atoms with Gasteiger partial charge in [-0.2, -0.15) is 0 Å². The van der Waals surface area contributed by atoms with Crippen LogP contribution in [0.2, 0.25) is 0 Å². The first-order valence-corrected chi connectivity index (χ1v) is 13.0. The Balaban J connectivity index is 1.57. The second kappa shape index (κ2) is 8.75. The van der Waals surface area contributed by atoms with Crippen LogP contribution in [0, 0.1) is 0 Å². The Morgan fingerprint density at radius 2 is 1.97 bits per heavy atom. The Morgan fingerprint density at radius 1 is 1.24 bits per heavy atom. The molecule has 0 saturated heterocycles. The molecule has 0 unspecified atom stereocenters. The third-order valence-electron chi connectivity index (χ3n) is 7.21. The van der Waals surface area contributed by atoms with Crippen LogP contribution >= 0.6 is 0 Å². The van der Waals surface area contributed by atoms with Gasteiger partial charge in [-0.25, -0.2) is 14.7 Å². The van der Waals surface area contributed by atoms with Gasteiger partial charge in [0.05, 0.1) is 28.2 Å². The summed E-state index contributed by atoms with van der Waals surface area (Å²) < 4.78 is 7.26. The quantitative estimate of drug-likeness (QED) is 0.424. The number of fused-ring (bicyclic) bond motifs is 2. The van der Waals surface area contributed by atoms with Crippen LogP contribution in [0.4, 0.5) is 10.7 Å². The Kier molecular flexibility index (Phi) is 5.92. The lowest BCUT2D eigenvalue weighted by molar-refractivity contribution is 0.0200. The van der Waals surface area contributed by atoms with Gasteiger partial charge in [0.25, 0.3) is 11.5 Å². The van der Waals surface area contributed by atoms with Crippen molar-refractivity contribution < 1.29 is 14.3 Å². The predicted molar refractivity (Wildman–Crippen MR) is 143 cm³/mol. The number of hydrogen-bond acceptors (Lipinski definition) is 6. The molecule has 2 aliphatic rings. The van der Waals surface area contributed by atoms with Gasteiger partial charge in [0.1, 0.15) is 5.60 Å². The lowest BCUT2D eigenvalue weighted by Gasteiger charge is -2.26. The summed E-state index contributed by atoms with van der Waals surface area (Å²) in [6.45, 7) is 12.0. The fourth-order valence-electron chi connectivity index (χ4n) is 4.94. The van der Waals surface area contributed by atoms with Crippen molar-refractivity contribution in [2.45, 2.75) is 84.4 Å². The molecule has 1 aromatic carbocycles. The van der Waals surface area contributed by atoms with Crippen molar-refractivity contribution in [3.8, 4) is 11.3 Å². The zero-order valence-electron chi connectivity index (χ0n) is 22.4. The van der Waals surface area contributed by atoms with Crippen molar-refractivity contribution in [2.75, 3.05) is 11.9 Å². The van der Waals surface area contributed by atoms with Crippen molar-refractivity contribution in [1.82, 2.24) is 19.4 Å². The second-order valence-corrected chi connectivity index (χ2v) is 11.4. The van der Waals surface area contributed by atoms with E-state index in [4.69, 9.17) is 9.72 Å². The van der Waals surface area contributed by atoms with Gasteiger partial charge >= 0.3 is 6.09 Å². The van der Waals surface area contributed by atoms with Crippen molar-refractivity contribution in [3.63, 3.8) is 0 Å². The number of amides is 2. The maximum atomic E-state index is 13.7. The van der Waals surface area contributed by atoms with E-state index in [0.29, 0.717) is 33.8 Å². The van der Waals surface area contributed by atoms with Crippen LogP contribution in [0.5, 0.6) is 0 Å². The molecule has 2 amide bonds. The van der Waals surface area contributed by atoms with E-state index in [2.05, 4.69) is 24.1 Å². The summed E-state index contributed by atoms with van der Waals surface area (Å²) in [5, 5.41) is 3.93. The minimum atomic E-state index is -0.708. The molecular weight excluding hydrogens is 470 g/mol. The zero-order valence-corrected chi connectivity index (χ0v) is 22.4. The van der Waals surface area contributed by atoms with Crippen molar-refractivity contribution in [1.29, 1.82) is 0 Å². The summed E-state index contributed by atoms with van der Waals surface area (Å²) in [6, 6.07) is 6.78. The molecule has 3 heterocycles. The first-order valence-electron chi connectivity index (χ1n) is 13.0. The average molecular weight is 506 g/mol. The second-order valence-electron chi connectivity index (χ2n) is 11.4. The highest BCUT2D eigenvalue weighted by Gasteiger charge is 2.43. The molecule has 1 saturated carbocycles. The van der Waals surface area contributed by atoms with Crippen LogP contribution < -0.4 is 10.9 Å². The minimum absolute atomic E-state index is 0.0644. The largest absolute Gasteiger partial charge is 0.443 e. The number of imide groups is 1. The number of carbonyl (C=O) groups is 2. The van der Waals surface area contributed by atoms with Gasteiger partial charge in [-0.3, -0.25) is 14.2 Å². The zero-order chi connectivity index (χ0) is 26.7. The van der Waals surface area contributed by atoms with E-state index in [0.717, 1.165) is 42.7 Å². The molecule has 196 valence electrons. The molecule has 37 heavy (non-hydrogen) atoms. The molecule has 1 aliphatic carbocycles. The summed E-state index contributed by atoms with van der Waals surface area (Å²) in [6.07, 6.45) is 3.23. The normalized spacial score (nSPS) is 18.3. The van der Waals surface area contributed by atoms with Crippen LogP contribution in [-0.2, 0) is 10.3 Å². The number of ether oxygens (including phenoxy) is 1. The van der Waals surface area contributed by atoms with E-state index >= 15 is 0 Å². The Bertz CT molecular complexity index is 1460. The number of nitrogens with zero attached hydrogens (tertiary/aromatic N) is 3. The van der Waals surface area contributed by atoms with E-state index in [1.165, 1.54) is 0 Å². The van der Waals surface area contributed by atoms with Crippen LogP contribution in [0.15, 0.2) is 29.1 Å². The number of hydrogen-bond donors (Lipinski definition) is 2. The first kappa shape index (κ1) is 25.0. The van der Waals surface area contributed by atoms with E-state index in [1.54, 1.807) is 39.8 Å². The summed E-state index contributed by atoms with van der Waals surface area (Å²) in [5.41, 5.74) is 2.07. The van der Waals surface area contributed by atoms with Crippen molar-refractivity contribution in [2.24, 2.45) is 0 Å². The molecule has 1 fully saturated rings. The molecular formula is C28H35N5O4. The van der Waals surface area contributed by atoms with E-state index in [1.807, 2.05) is 16.7 Å². The molecule has 0 bridgehead atoms.